The molecule has 0 N–H and O–H groups in total. The van der Waals surface area contributed by atoms with Crippen LogP contribution in [-0.4, -0.2) is 51.4 Å². The van der Waals surface area contributed by atoms with Crippen LogP contribution < -0.4 is 0 Å². The molecule has 7 nitrogen and oxygen atoms in total. The first-order chi connectivity index (χ1) is 14.2. The molecule has 4 heterocycles. The molecule has 0 unspecified atom stereocenters. The maximum absolute atomic E-state index is 13.0. The van der Waals surface area contributed by atoms with Crippen LogP contribution >= 0.6 is 11.3 Å². The second-order valence-corrected chi connectivity index (χ2v) is 8.25. The molecule has 1 aliphatic rings. The Labute approximate surface area is 173 Å². The van der Waals surface area contributed by atoms with Gasteiger partial charge in [-0.05, 0) is 25.1 Å². The molecular weight excluding hydrogens is 388 g/mol. The van der Waals surface area contributed by atoms with Crippen LogP contribution in [0.5, 0.6) is 0 Å². The van der Waals surface area contributed by atoms with Crippen LogP contribution in [0.3, 0.4) is 0 Å². The highest BCUT2D eigenvalue weighted by Crippen LogP contribution is 2.17. The van der Waals surface area contributed by atoms with Crippen LogP contribution in [0.25, 0.3) is 0 Å². The lowest BCUT2D eigenvalue weighted by Gasteiger charge is -2.24. The van der Waals surface area contributed by atoms with E-state index in [0.29, 0.717) is 39.3 Å². The second kappa shape index (κ2) is 9.30. The quantitative estimate of drug-likeness (QED) is 0.594. The van der Waals surface area contributed by atoms with Gasteiger partial charge in [0, 0.05) is 36.8 Å². The number of carbonyl (C=O) groups is 1. The molecule has 0 radical (unpaired) electrons. The predicted octanol–water partition coefficient (Wildman–Crippen LogP) is 2.87. The van der Waals surface area contributed by atoms with Crippen molar-refractivity contribution in [2.45, 2.75) is 32.7 Å². The van der Waals surface area contributed by atoms with Gasteiger partial charge < -0.3 is 14.1 Å². The molecule has 29 heavy (non-hydrogen) atoms. The van der Waals surface area contributed by atoms with Crippen LogP contribution in [0.4, 0.5) is 0 Å². The normalized spacial score (nSPS) is 18.2. The number of thiazole rings is 1. The van der Waals surface area contributed by atoms with Gasteiger partial charge in [0.25, 0.3) is 0 Å². The zero-order chi connectivity index (χ0) is 20.1. The van der Waals surface area contributed by atoms with Crippen molar-refractivity contribution >= 4 is 17.2 Å². The third-order valence-electron chi connectivity index (χ3n) is 4.80. The molecule has 1 aliphatic heterocycles. The highest BCUT2D eigenvalue weighted by Gasteiger charge is 2.29. The summed E-state index contributed by atoms with van der Waals surface area (Å²) in [6.07, 6.45) is 5.02. The van der Waals surface area contributed by atoms with Crippen molar-refractivity contribution < 1.29 is 13.9 Å². The second-order valence-electron chi connectivity index (χ2n) is 7.19. The molecule has 1 saturated heterocycles. The summed E-state index contributed by atoms with van der Waals surface area (Å²) in [6.45, 7) is 5.09. The number of rotatable bonds is 7. The van der Waals surface area contributed by atoms with E-state index in [-0.39, 0.29) is 12.0 Å². The van der Waals surface area contributed by atoms with Crippen LogP contribution in [0.2, 0.25) is 0 Å². The van der Waals surface area contributed by atoms with Gasteiger partial charge in [-0.15, -0.1) is 11.3 Å². The van der Waals surface area contributed by atoms with Gasteiger partial charge in [-0.2, -0.15) is 0 Å². The molecule has 1 fully saturated rings. The van der Waals surface area contributed by atoms with E-state index in [4.69, 9.17) is 9.15 Å². The Morgan fingerprint density at radius 3 is 2.90 bits per heavy atom. The first kappa shape index (κ1) is 19.8. The fourth-order valence-corrected chi connectivity index (χ4v) is 4.04. The van der Waals surface area contributed by atoms with Crippen molar-refractivity contribution in [1.29, 1.82) is 0 Å². The SMILES string of the molecule is Cc1nc(CN2C[C@H](OCc3ccccn3)CN(Cc3ccoc3)CC2=O)cs1. The van der Waals surface area contributed by atoms with E-state index < -0.39 is 0 Å². The minimum Gasteiger partial charge on any atom is -0.472 e. The van der Waals surface area contributed by atoms with Gasteiger partial charge in [-0.25, -0.2) is 4.98 Å². The van der Waals surface area contributed by atoms with E-state index >= 15 is 0 Å². The molecule has 0 aliphatic carbocycles. The first-order valence-corrected chi connectivity index (χ1v) is 10.5. The van der Waals surface area contributed by atoms with Crippen LogP contribution in [0.15, 0.2) is 52.8 Å². The third-order valence-corrected chi connectivity index (χ3v) is 5.62. The van der Waals surface area contributed by atoms with Gasteiger partial charge in [0.15, 0.2) is 0 Å². The lowest BCUT2D eigenvalue weighted by molar-refractivity contribution is -0.132. The molecule has 1 atom stereocenters. The van der Waals surface area contributed by atoms with Crippen LogP contribution in [0, 0.1) is 6.92 Å². The first-order valence-electron chi connectivity index (χ1n) is 9.59. The maximum Gasteiger partial charge on any atom is 0.237 e. The van der Waals surface area contributed by atoms with Crippen LogP contribution in [-0.2, 0) is 29.2 Å². The maximum atomic E-state index is 13.0. The van der Waals surface area contributed by atoms with Crippen molar-refractivity contribution in [1.82, 2.24) is 19.8 Å². The summed E-state index contributed by atoms with van der Waals surface area (Å²) < 4.78 is 11.4. The smallest absolute Gasteiger partial charge is 0.237 e. The molecule has 1 amide bonds. The zero-order valence-corrected chi connectivity index (χ0v) is 17.2. The average molecular weight is 413 g/mol. The van der Waals surface area contributed by atoms with Gasteiger partial charge in [0.1, 0.15) is 0 Å². The number of furan rings is 1. The van der Waals surface area contributed by atoms with Crippen LogP contribution in [0.1, 0.15) is 22.0 Å². The van der Waals surface area contributed by atoms with E-state index in [0.717, 1.165) is 22.0 Å². The number of aromatic nitrogens is 2. The van der Waals surface area contributed by atoms with E-state index in [1.54, 1.807) is 30.1 Å². The minimum atomic E-state index is -0.116. The van der Waals surface area contributed by atoms with Crippen molar-refractivity contribution in [3.8, 4) is 0 Å². The topological polar surface area (TPSA) is 71.7 Å². The van der Waals surface area contributed by atoms with E-state index in [9.17, 15) is 4.79 Å². The zero-order valence-electron chi connectivity index (χ0n) is 16.4. The number of aryl methyl sites for hydroxylation is 1. The molecule has 4 rings (SSSR count). The summed E-state index contributed by atoms with van der Waals surface area (Å²) in [6, 6.07) is 7.71. The standard InChI is InChI=1S/C21H24N4O3S/c1-16-23-19(15-29-16)9-25-11-20(28-14-18-4-2-3-6-22-18)10-24(12-21(25)26)8-17-5-7-27-13-17/h2-7,13,15,20H,8-12,14H2,1H3/t20-/m1/s1. The number of carbonyl (C=O) groups excluding carboxylic acids is 1. The Bertz CT molecular complexity index is 913. The molecule has 152 valence electrons. The summed E-state index contributed by atoms with van der Waals surface area (Å²) in [7, 11) is 0. The minimum absolute atomic E-state index is 0.0862. The Morgan fingerprint density at radius 1 is 1.24 bits per heavy atom. The molecule has 0 aromatic carbocycles. The largest absolute Gasteiger partial charge is 0.472 e. The third kappa shape index (κ3) is 5.50. The summed E-state index contributed by atoms with van der Waals surface area (Å²) >= 11 is 1.60. The lowest BCUT2D eigenvalue weighted by Crippen LogP contribution is -2.37. The number of amides is 1. The predicted molar refractivity (Wildman–Crippen MR) is 109 cm³/mol. The highest BCUT2D eigenvalue weighted by atomic mass is 32.1. The van der Waals surface area contributed by atoms with Gasteiger partial charge >= 0.3 is 0 Å². The number of pyridine rings is 1. The Balaban J connectivity index is 1.47. The highest BCUT2D eigenvalue weighted by molar-refractivity contribution is 7.09. The van der Waals surface area contributed by atoms with E-state index in [1.807, 2.05) is 41.5 Å². The van der Waals surface area contributed by atoms with E-state index in [1.165, 1.54) is 0 Å². The average Bonchev–Trinajstić information content (AvgIpc) is 3.34. The number of hydrogen-bond acceptors (Lipinski definition) is 7. The van der Waals surface area contributed by atoms with Crippen molar-refractivity contribution in [3.05, 3.63) is 70.3 Å². The summed E-state index contributed by atoms with van der Waals surface area (Å²) in [4.78, 5) is 25.8. The fraction of sp³-hybridized carbons (Fsp3) is 0.381. The molecule has 8 heteroatoms. The number of hydrogen-bond donors (Lipinski definition) is 0. The summed E-state index contributed by atoms with van der Waals surface area (Å²) in [5, 5.41) is 3.02. The molecule has 3 aromatic heterocycles. The summed E-state index contributed by atoms with van der Waals surface area (Å²) in [5.41, 5.74) is 2.85. The van der Waals surface area contributed by atoms with E-state index in [2.05, 4.69) is 14.9 Å². The van der Waals surface area contributed by atoms with Crippen molar-refractivity contribution in [3.63, 3.8) is 0 Å². The Kier molecular flexibility index (Phi) is 6.33. The fourth-order valence-electron chi connectivity index (χ4n) is 3.43. The van der Waals surface area contributed by atoms with Gasteiger partial charge in [0.05, 0.1) is 54.7 Å². The monoisotopic (exact) mass is 412 g/mol. The molecule has 0 saturated carbocycles. The van der Waals surface area contributed by atoms with Gasteiger partial charge in [-0.3, -0.25) is 14.7 Å². The number of nitrogens with zero attached hydrogens (tertiary/aromatic N) is 4. The lowest BCUT2D eigenvalue weighted by atomic mass is 10.2. The molecule has 3 aromatic rings. The molecule has 0 spiro atoms. The number of ether oxygens (including phenoxy) is 1. The Morgan fingerprint density at radius 2 is 2.17 bits per heavy atom. The van der Waals surface area contributed by atoms with Crippen molar-refractivity contribution in [2.24, 2.45) is 0 Å². The molecular formula is C21H24N4O3S. The molecule has 0 bridgehead atoms. The van der Waals surface area contributed by atoms with Crippen molar-refractivity contribution in [2.75, 3.05) is 19.6 Å². The van der Waals surface area contributed by atoms with Gasteiger partial charge in [-0.1, -0.05) is 6.07 Å². The Hall–Kier alpha value is -2.55. The van der Waals surface area contributed by atoms with Gasteiger partial charge in [0.2, 0.25) is 5.91 Å². The summed E-state index contributed by atoms with van der Waals surface area (Å²) in [5.74, 6) is 0.0862.